The summed E-state index contributed by atoms with van der Waals surface area (Å²) >= 11 is 5.02. The minimum absolute atomic E-state index is 0.0237. The van der Waals surface area contributed by atoms with Crippen LogP contribution in [-0.2, 0) is 11.2 Å². The van der Waals surface area contributed by atoms with Gasteiger partial charge in [0.15, 0.2) is 0 Å². The van der Waals surface area contributed by atoms with E-state index in [9.17, 15) is 9.59 Å². The number of halogens is 1. The van der Waals surface area contributed by atoms with Crippen molar-refractivity contribution in [2.45, 2.75) is 6.42 Å². The lowest BCUT2D eigenvalue weighted by Gasteiger charge is -2.10. The molecule has 0 aliphatic carbocycles. The van der Waals surface area contributed by atoms with Crippen molar-refractivity contribution in [3.05, 3.63) is 45.1 Å². The molecule has 128 valence electrons. The van der Waals surface area contributed by atoms with Crippen molar-refractivity contribution in [2.75, 3.05) is 25.5 Å². The van der Waals surface area contributed by atoms with Gasteiger partial charge in [-0.2, -0.15) is 0 Å². The molecule has 6 nitrogen and oxygen atoms in total. The maximum Gasteiger partial charge on any atom is 0.321 e. The Morgan fingerprint density at radius 1 is 1.29 bits per heavy atom. The monoisotopic (exact) mass is 411 g/mol. The van der Waals surface area contributed by atoms with E-state index in [2.05, 4.69) is 31.9 Å². The Morgan fingerprint density at radius 3 is 2.83 bits per heavy atom. The topological polar surface area (TPSA) is 79.5 Å². The molecule has 0 atom stereocenters. The Hall–Kier alpha value is -2.06. The maximum absolute atomic E-state index is 11.8. The van der Waals surface area contributed by atoms with Crippen LogP contribution in [0.2, 0.25) is 0 Å². The number of methoxy groups -OCH3 is 1. The fraction of sp³-hybridized carbons (Fsp3) is 0.250. The third-order valence-corrected chi connectivity index (χ3v) is 4.73. The largest absolute Gasteiger partial charge is 0.497 e. The molecule has 1 aromatic carbocycles. The van der Waals surface area contributed by atoms with Gasteiger partial charge in [-0.05, 0) is 45.9 Å². The Kier molecular flexibility index (Phi) is 7.07. The predicted octanol–water partition coefficient (Wildman–Crippen LogP) is 3.00. The Balaban J connectivity index is 1.71. The summed E-state index contributed by atoms with van der Waals surface area (Å²) in [6.07, 6.45) is 0.744. The summed E-state index contributed by atoms with van der Waals surface area (Å²) in [4.78, 5) is 24.7. The molecule has 1 heterocycles. The number of carbonyl (C=O) groups excluding carboxylic acids is 2. The van der Waals surface area contributed by atoms with Crippen molar-refractivity contribution >= 4 is 44.9 Å². The van der Waals surface area contributed by atoms with E-state index in [1.807, 2.05) is 23.6 Å². The Labute approximate surface area is 152 Å². The van der Waals surface area contributed by atoms with Gasteiger partial charge in [-0.1, -0.05) is 6.07 Å². The van der Waals surface area contributed by atoms with Crippen LogP contribution in [0.1, 0.15) is 4.88 Å². The molecule has 0 aliphatic rings. The summed E-state index contributed by atoms with van der Waals surface area (Å²) in [6.45, 7) is 0.457. The van der Waals surface area contributed by atoms with Crippen LogP contribution < -0.4 is 20.7 Å². The first-order chi connectivity index (χ1) is 11.6. The highest BCUT2D eigenvalue weighted by Crippen LogP contribution is 2.26. The number of hydrogen-bond donors (Lipinski definition) is 3. The van der Waals surface area contributed by atoms with Gasteiger partial charge in [-0.25, -0.2) is 4.79 Å². The highest BCUT2D eigenvalue weighted by Gasteiger charge is 2.09. The zero-order valence-electron chi connectivity index (χ0n) is 13.1. The number of carbonyl (C=O) groups is 2. The van der Waals surface area contributed by atoms with Crippen molar-refractivity contribution in [2.24, 2.45) is 0 Å². The first-order valence-corrected chi connectivity index (χ1v) is 8.93. The third kappa shape index (κ3) is 5.86. The van der Waals surface area contributed by atoms with Gasteiger partial charge in [-0.15, -0.1) is 11.3 Å². The lowest BCUT2D eigenvalue weighted by molar-refractivity contribution is -0.118. The van der Waals surface area contributed by atoms with Crippen LogP contribution in [0.3, 0.4) is 0 Å². The molecule has 0 saturated heterocycles. The van der Waals surface area contributed by atoms with Crippen LogP contribution >= 0.6 is 27.3 Å². The Bertz CT molecular complexity index is 692. The van der Waals surface area contributed by atoms with Crippen molar-refractivity contribution in [1.82, 2.24) is 10.6 Å². The molecule has 0 bridgehead atoms. The fourth-order valence-corrected chi connectivity index (χ4v) is 3.01. The SMILES string of the molecule is COc1ccc(Br)c(NCC(=O)NC(=O)NCCc2cccs2)c1. The van der Waals surface area contributed by atoms with Crippen molar-refractivity contribution in [1.29, 1.82) is 0 Å². The molecule has 3 N–H and O–H groups in total. The van der Waals surface area contributed by atoms with Crippen LogP contribution in [0.5, 0.6) is 5.75 Å². The van der Waals surface area contributed by atoms with E-state index in [1.165, 1.54) is 4.88 Å². The summed E-state index contributed by atoms with van der Waals surface area (Å²) in [5.41, 5.74) is 0.711. The lowest BCUT2D eigenvalue weighted by atomic mass is 10.3. The predicted molar refractivity (Wildman–Crippen MR) is 98.7 cm³/mol. The third-order valence-electron chi connectivity index (χ3n) is 3.10. The summed E-state index contributed by atoms with van der Waals surface area (Å²) in [7, 11) is 1.57. The molecule has 0 spiro atoms. The molecule has 1 aromatic heterocycles. The van der Waals surface area contributed by atoms with Gasteiger partial charge in [0.05, 0.1) is 19.3 Å². The van der Waals surface area contributed by atoms with Gasteiger partial charge < -0.3 is 15.4 Å². The number of ether oxygens (including phenoxy) is 1. The number of imide groups is 1. The summed E-state index contributed by atoms with van der Waals surface area (Å²) in [6, 6.07) is 8.85. The van der Waals surface area contributed by atoms with Gasteiger partial charge >= 0.3 is 6.03 Å². The molecule has 0 aliphatic heterocycles. The number of thiophene rings is 1. The average molecular weight is 412 g/mol. The molecule has 2 aromatic rings. The first kappa shape index (κ1) is 18.3. The second kappa shape index (κ2) is 9.29. The van der Waals surface area contributed by atoms with Crippen molar-refractivity contribution in [3.63, 3.8) is 0 Å². The van der Waals surface area contributed by atoms with E-state index in [0.29, 0.717) is 18.0 Å². The molecular formula is C16H18BrN3O3S. The first-order valence-electron chi connectivity index (χ1n) is 7.26. The average Bonchev–Trinajstić information content (AvgIpc) is 3.07. The molecule has 3 amide bonds. The molecule has 8 heteroatoms. The van der Waals surface area contributed by atoms with Crippen LogP contribution in [0.15, 0.2) is 40.2 Å². The Morgan fingerprint density at radius 2 is 2.12 bits per heavy atom. The van der Waals surface area contributed by atoms with Gasteiger partial charge in [-0.3, -0.25) is 10.1 Å². The van der Waals surface area contributed by atoms with Crippen LogP contribution in [0, 0.1) is 0 Å². The number of urea groups is 1. The van der Waals surface area contributed by atoms with Gasteiger partial charge in [0.25, 0.3) is 0 Å². The molecule has 0 unspecified atom stereocenters. The van der Waals surface area contributed by atoms with Crippen LogP contribution in [-0.4, -0.2) is 32.1 Å². The second-order valence-corrected chi connectivity index (χ2v) is 6.72. The molecule has 0 saturated carbocycles. The van der Waals surface area contributed by atoms with Gasteiger partial charge in [0.2, 0.25) is 5.91 Å². The number of rotatable bonds is 7. The van der Waals surface area contributed by atoms with E-state index in [-0.39, 0.29) is 6.54 Å². The van der Waals surface area contributed by atoms with Crippen molar-refractivity contribution < 1.29 is 14.3 Å². The van der Waals surface area contributed by atoms with Crippen LogP contribution in [0.25, 0.3) is 0 Å². The maximum atomic E-state index is 11.8. The number of hydrogen-bond acceptors (Lipinski definition) is 5. The highest BCUT2D eigenvalue weighted by atomic mass is 79.9. The molecule has 0 fully saturated rings. The zero-order valence-corrected chi connectivity index (χ0v) is 15.5. The molecular weight excluding hydrogens is 394 g/mol. The van der Waals surface area contributed by atoms with E-state index >= 15 is 0 Å². The second-order valence-electron chi connectivity index (χ2n) is 4.83. The van der Waals surface area contributed by atoms with Gasteiger partial charge in [0, 0.05) is 22.0 Å². The lowest BCUT2D eigenvalue weighted by Crippen LogP contribution is -2.42. The standard InChI is InChI=1S/C16H18BrN3O3S/c1-23-11-4-5-13(17)14(9-11)19-10-15(21)20-16(22)18-7-6-12-3-2-8-24-12/h2-5,8-9,19H,6-7,10H2,1H3,(H2,18,20,21,22). The number of benzene rings is 1. The smallest absolute Gasteiger partial charge is 0.321 e. The summed E-state index contributed by atoms with van der Waals surface area (Å²) in [5, 5.41) is 9.88. The highest BCUT2D eigenvalue weighted by molar-refractivity contribution is 9.10. The summed E-state index contributed by atoms with van der Waals surface area (Å²) < 4.78 is 5.93. The number of amides is 3. The molecule has 24 heavy (non-hydrogen) atoms. The normalized spacial score (nSPS) is 10.1. The quantitative estimate of drug-likeness (QED) is 0.654. The van der Waals surface area contributed by atoms with Crippen molar-refractivity contribution in [3.8, 4) is 5.75 Å². The number of anilines is 1. The zero-order chi connectivity index (χ0) is 17.4. The minimum Gasteiger partial charge on any atom is -0.497 e. The summed E-state index contributed by atoms with van der Waals surface area (Å²) in [5.74, 6) is 0.255. The van der Waals surface area contributed by atoms with Gasteiger partial charge in [0.1, 0.15) is 5.75 Å². The molecule has 0 radical (unpaired) electrons. The number of nitrogens with one attached hydrogen (secondary N) is 3. The van der Waals surface area contributed by atoms with Crippen LogP contribution in [0.4, 0.5) is 10.5 Å². The van der Waals surface area contributed by atoms with E-state index < -0.39 is 11.9 Å². The van der Waals surface area contributed by atoms with E-state index in [4.69, 9.17) is 4.74 Å². The molecule has 2 rings (SSSR count). The fourth-order valence-electron chi connectivity index (χ4n) is 1.91. The van der Waals surface area contributed by atoms with E-state index in [1.54, 1.807) is 30.6 Å². The van der Waals surface area contributed by atoms with E-state index in [0.717, 1.165) is 10.9 Å². The minimum atomic E-state index is -0.497.